The summed E-state index contributed by atoms with van der Waals surface area (Å²) in [7, 11) is -4.07. The Morgan fingerprint density at radius 1 is 1.27 bits per heavy atom. The second-order valence-electron chi connectivity index (χ2n) is 4.48. The van der Waals surface area contributed by atoms with Crippen LogP contribution in [0, 0.1) is 10.1 Å². The van der Waals surface area contributed by atoms with Gasteiger partial charge in [-0.15, -0.1) is 0 Å². The molecule has 0 unspecified atom stereocenters. The summed E-state index contributed by atoms with van der Waals surface area (Å²) in [5, 5.41) is 18.8. The van der Waals surface area contributed by atoms with Crippen molar-refractivity contribution < 1.29 is 13.3 Å². The second kappa shape index (κ2) is 6.50. The highest BCUT2D eigenvalue weighted by Gasteiger charge is 2.18. The third-order valence-electron chi connectivity index (χ3n) is 2.91. The number of sulfonamides is 1. The lowest BCUT2D eigenvalue weighted by atomic mass is 10.2. The molecule has 2 aromatic rings. The van der Waals surface area contributed by atoms with Crippen molar-refractivity contribution in [3.8, 4) is 0 Å². The molecule has 22 heavy (non-hydrogen) atoms. The lowest BCUT2D eigenvalue weighted by molar-refractivity contribution is -0.385. The molecule has 1 heterocycles. The molecule has 0 aliphatic heterocycles. The van der Waals surface area contributed by atoms with Gasteiger partial charge in [0.25, 0.3) is 5.69 Å². The maximum Gasteiger partial charge on any atom is 0.270 e. The summed E-state index contributed by atoms with van der Waals surface area (Å²) in [6.07, 6.45) is 2.23. The Morgan fingerprint density at radius 3 is 2.64 bits per heavy atom. The molecule has 0 spiro atoms. The Kier molecular flexibility index (Phi) is 4.68. The summed E-state index contributed by atoms with van der Waals surface area (Å²) < 4.78 is 23.1. The van der Waals surface area contributed by atoms with E-state index in [4.69, 9.17) is 5.14 Å². The zero-order valence-electron chi connectivity index (χ0n) is 11.5. The number of nitrogens with zero attached hydrogens (tertiary/aromatic N) is 2. The van der Waals surface area contributed by atoms with Gasteiger partial charge in [-0.2, -0.15) is 0 Å². The normalized spacial score (nSPS) is 11.1. The third-order valence-corrected chi connectivity index (χ3v) is 3.86. The first kappa shape index (κ1) is 15.9. The molecule has 0 bridgehead atoms. The van der Waals surface area contributed by atoms with Crippen LogP contribution in [0.15, 0.2) is 47.5 Å². The molecular formula is C13H14N4O4S. The van der Waals surface area contributed by atoms with Crippen molar-refractivity contribution in [3.63, 3.8) is 0 Å². The summed E-state index contributed by atoms with van der Waals surface area (Å²) in [6, 6.07) is 8.99. The molecular weight excluding hydrogens is 308 g/mol. The molecule has 2 rings (SSSR count). The first-order valence-electron chi connectivity index (χ1n) is 6.33. The van der Waals surface area contributed by atoms with Gasteiger partial charge in [0.2, 0.25) is 10.0 Å². The van der Waals surface area contributed by atoms with Gasteiger partial charge >= 0.3 is 0 Å². The Labute approximate surface area is 127 Å². The standard InChI is InChI=1S/C13H14N4O4S/c14-22(20,21)13-9-11(17(18)19)4-5-12(13)16-8-6-10-3-1-2-7-15-10/h1-5,7,9,16H,6,8H2,(H2,14,20,21). The summed E-state index contributed by atoms with van der Waals surface area (Å²) in [6.45, 7) is 0.414. The van der Waals surface area contributed by atoms with Crippen molar-refractivity contribution in [3.05, 3.63) is 58.4 Å². The summed E-state index contributed by atoms with van der Waals surface area (Å²) in [4.78, 5) is 13.9. The number of nitrogens with two attached hydrogens (primary N) is 1. The molecule has 8 nitrogen and oxygen atoms in total. The Morgan fingerprint density at radius 2 is 2.05 bits per heavy atom. The molecule has 0 atom stereocenters. The van der Waals surface area contributed by atoms with Crippen molar-refractivity contribution in [1.82, 2.24) is 4.98 Å². The van der Waals surface area contributed by atoms with E-state index in [0.29, 0.717) is 13.0 Å². The monoisotopic (exact) mass is 322 g/mol. The van der Waals surface area contributed by atoms with E-state index in [9.17, 15) is 18.5 Å². The molecule has 9 heteroatoms. The van der Waals surface area contributed by atoms with Gasteiger partial charge in [0, 0.05) is 37.0 Å². The first-order valence-corrected chi connectivity index (χ1v) is 7.87. The topological polar surface area (TPSA) is 128 Å². The number of pyridine rings is 1. The maximum absolute atomic E-state index is 11.6. The number of nitro benzene ring substituents is 1. The van der Waals surface area contributed by atoms with Crippen molar-refractivity contribution in [2.24, 2.45) is 5.14 Å². The molecule has 1 aromatic heterocycles. The molecule has 0 saturated carbocycles. The van der Waals surface area contributed by atoms with Crippen LogP contribution in [0.25, 0.3) is 0 Å². The average Bonchev–Trinajstić information content (AvgIpc) is 2.47. The zero-order valence-corrected chi connectivity index (χ0v) is 12.3. The molecule has 0 fully saturated rings. The zero-order chi connectivity index (χ0) is 16.2. The van der Waals surface area contributed by atoms with Gasteiger partial charge in [0.1, 0.15) is 4.90 Å². The Hall–Kier alpha value is -2.52. The number of nitrogens with one attached hydrogen (secondary N) is 1. The van der Waals surface area contributed by atoms with E-state index in [1.807, 2.05) is 12.1 Å². The number of nitro groups is 1. The molecule has 0 radical (unpaired) electrons. The molecule has 116 valence electrons. The van der Waals surface area contributed by atoms with E-state index in [0.717, 1.165) is 11.8 Å². The number of hydrogen-bond donors (Lipinski definition) is 2. The highest BCUT2D eigenvalue weighted by atomic mass is 32.2. The fourth-order valence-corrected chi connectivity index (χ4v) is 2.61. The predicted octanol–water partition coefficient (Wildman–Crippen LogP) is 1.29. The summed E-state index contributed by atoms with van der Waals surface area (Å²) in [5.74, 6) is 0. The van der Waals surface area contributed by atoms with Gasteiger partial charge < -0.3 is 5.32 Å². The largest absolute Gasteiger partial charge is 0.384 e. The van der Waals surface area contributed by atoms with Gasteiger partial charge in [-0.3, -0.25) is 15.1 Å². The van der Waals surface area contributed by atoms with Crippen LogP contribution in [0.3, 0.4) is 0 Å². The van der Waals surface area contributed by atoms with Crippen LogP contribution in [-0.4, -0.2) is 24.9 Å². The second-order valence-corrected chi connectivity index (χ2v) is 6.01. The lowest BCUT2D eigenvalue weighted by Crippen LogP contribution is -2.16. The number of benzene rings is 1. The van der Waals surface area contributed by atoms with Crippen molar-refractivity contribution in [2.45, 2.75) is 11.3 Å². The van der Waals surface area contributed by atoms with Crippen LogP contribution in [0.1, 0.15) is 5.69 Å². The third kappa shape index (κ3) is 3.99. The fraction of sp³-hybridized carbons (Fsp3) is 0.154. The van der Waals surface area contributed by atoms with Crippen LogP contribution in [0.2, 0.25) is 0 Å². The maximum atomic E-state index is 11.6. The number of aromatic nitrogens is 1. The fourth-order valence-electron chi connectivity index (χ4n) is 1.88. The van der Waals surface area contributed by atoms with Crippen molar-refractivity contribution in [1.29, 1.82) is 0 Å². The van der Waals surface area contributed by atoms with E-state index < -0.39 is 14.9 Å². The Balaban J connectivity index is 2.18. The summed E-state index contributed by atoms with van der Waals surface area (Å²) in [5.41, 5.74) is 0.734. The molecule has 0 amide bonds. The minimum Gasteiger partial charge on any atom is -0.384 e. The summed E-state index contributed by atoms with van der Waals surface area (Å²) >= 11 is 0. The van der Waals surface area contributed by atoms with Crippen molar-refractivity contribution >= 4 is 21.4 Å². The highest BCUT2D eigenvalue weighted by Crippen LogP contribution is 2.25. The first-order chi connectivity index (χ1) is 10.4. The van der Waals surface area contributed by atoms with Gasteiger partial charge in [-0.25, -0.2) is 13.6 Å². The van der Waals surface area contributed by atoms with E-state index in [-0.39, 0.29) is 16.3 Å². The smallest absolute Gasteiger partial charge is 0.270 e. The van der Waals surface area contributed by atoms with E-state index in [1.54, 1.807) is 12.3 Å². The Bertz CT molecular complexity index is 778. The van der Waals surface area contributed by atoms with Crippen LogP contribution in [0.4, 0.5) is 11.4 Å². The molecule has 0 aliphatic carbocycles. The van der Waals surface area contributed by atoms with E-state index >= 15 is 0 Å². The van der Waals surface area contributed by atoms with Crippen LogP contribution < -0.4 is 10.5 Å². The number of primary sulfonamides is 1. The van der Waals surface area contributed by atoms with Gasteiger partial charge in [-0.05, 0) is 18.2 Å². The average molecular weight is 322 g/mol. The minimum atomic E-state index is -4.07. The minimum absolute atomic E-state index is 0.226. The van der Waals surface area contributed by atoms with Crippen LogP contribution >= 0.6 is 0 Å². The number of anilines is 1. The van der Waals surface area contributed by atoms with Gasteiger partial charge in [0.15, 0.2) is 0 Å². The van der Waals surface area contributed by atoms with Crippen molar-refractivity contribution in [2.75, 3.05) is 11.9 Å². The SMILES string of the molecule is NS(=O)(=O)c1cc([N+](=O)[O-])ccc1NCCc1ccccn1. The molecule has 1 aromatic carbocycles. The number of rotatable bonds is 6. The quantitative estimate of drug-likeness (QED) is 0.609. The van der Waals surface area contributed by atoms with Gasteiger partial charge in [0.05, 0.1) is 10.6 Å². The van der Waals surface area contributed by atoms with Gasteiger partial charge in [-0.1, -0.05) is 6.07 Å². The number of non-ortho nitro benzene ring substituents is 1. The lowest BCUT2D eigenvalue weighted by Gasteiger charge is -2.10. The predicted molar refractivity (Wildman–Crippen MR) is 80.9 cm³/mol. The molecule has 0 saturated heterocycles. The van der Waals surface area contributed by atoms with E-state index in [2.05, 4.69) is 10.3 Å². The van der Waals surface area contributed by atoms with Crippen LogP contribution in [-0.2, 0) is 16.4 Å². The van der Waals surface area contributed by atoms with E-state index in [1.165, 1.54) is 12.1 Å². The molecule has 0 aliphatic rings. The molecule has 3 N–H and O–H groups in total. The van der Waals surface area contributed by atoms with Crippen LogP contribution in [0.5, 0.6) is 0 Å². The number of hydrogen-bond acceptors (Lipinski definition) is 6. The highest BCUT2D eigenvalue weighted by molar-refractivity contribution is 7.89.